The molecule has 0 aliphatic rings. The van der Waals surface area contributed by atoms with Crippen molar-refractivity contribution in [3.63, 3.8) is 0 Å². The van der Waals surface area contributed by atoms with Crippen LogP contribution in [0.3, 0.4) is 0 Å². The Morgan fingerprint density at radius 2 is 1.33 bits per heavy atom. The first-order chi connectivity index (χ1) is 21.7. The van der Waals surface area contributed by atoms with E-state index in [2.05, 4.69) is 26.8 Å². The molecule has 11 nitrogen and oxygen atoms in total. The van der Waals surface area contributed by atoms with Crippen LogP contribution in [-0.2, 0) is 19.0 Å². The fourth-order valence-corrected chi connectivity index (χ4v) is 1.69. The second kappa shape index (κ2) is 24.5. The van der Waals surface area contributed by atoms with Crippen molar-refractivity contribution >= 4 is 32.6 Å². The summed E-state index contributed by atoms with van der Waals surface area (Å²) in [5, 5.41) is 38.0. The third-order valence-electron chi connectivity index (χ3n) is 6.46. The van der Waals surface area contributed by atoms with Gasteiger partial charge in [0.05, 0.1) is 28.0 Å². The van der Waals surface area contributed by atoms with Crippen LogP contribution in [0.2, 0.25) is 0 Å². The molecule has 1 aromatic rings. The van der Waals surface area contributed by atoms with Gasteiger partial charge < -0.3 is 36.5 Å². The number of aromatic amines is 1. The summed E-state index contributed by atoms with van der Waals surface area (Å²) < 4.78 is 128. The zero-order valence-corrected chi connectivity index (χ0v) is 34.2. The standard InChI is InChI=1S/C12H19BF5N2O2.C9H16BN2O2.C4H5F5.CH2O3.2Na.H/c1-6-8(13-22-10(4,5)9(2,3)21)20-19-7-11(14,15)12(16,17)18;1-8(2,13)9(3,4)14-10-7-5-6-11-12-7;1-2-3(5,6)4(7,8)9;2-1-4-3;;;/h6,19,21H,1,7H2,2-5H3;5-6,13H,1-4H3,(H,11,12);2H2,1H3;1,3H;;;/q;;;;2*+1;-1/p-1/b20-8+;;;;;;. The average Bonchev–Trinajstić information content (AvgIpc) is 3.46. The normalized spacial score (nSPS) is 12.8. The zero-order chi connectivity index (χ0) is 39.8. The maximum atomic E-state index is 12.7. The van der Waals surface area contributed by atoms with Crippen LogP contribution >= 0.6 is 0 Å². The van der Waals surface area contributed by atoms with Crippen LogP contribution in [0.4, 0.5) is 43.9 Å². The zero-order valence-electron chi connectivity index (χ0n) is 31.2. The Morgan fingerprint density at radius 1 is 0.922 bits per heavy atom. The van der Waals surface area contributed by atoms with E-state index >= 15 is 0 Å². The molecule has 0 aliphatic heterocycles. The number of hydrazone groups is 1. The number of halogens is 10. The topological polar surface area (TPSA) is 161 Å². The Hall–Kier alpha value is -0.880. The van der Waals surface area contributed by atoms with E-state index in [4.69, 9.17) is 19.4 Å². The van der Waals surface area contributed by atoms with Crippen LogP contribution in [0.5, 0.6) is 0 Å². The van der Waals surface area contributed by atoms with Crippen molar-refractivity contribution in [2.45, 2.75) is 115 Å². The van der Waals surface area contributed by atoms with Crippen LogP contribution in [0.15, 0.2) is 30.0 Å². The van der Waals surface area contributed by atoms with Crippen LogP contribution in [0.25, 0.3) is 0 Å². The number of carbonyl (C=O) groups is 1. The van der Waals surface area contributed by atoms with Crippen LogP contribution in [0, 0.1) is 0 Å². The molecular weight excluding hydrogens is 738 g/mol. The van der Waals surface area contributed by atoms with Crippen molar-refractivity contribution in [3.05, 3.63) is 24.9 Å². The van der Waals surface area contributed by atoms with Gasteiger partial charge in [0.15, 0.2) is 0 Å². The largest absolute Gasteiger partial charge is 1.00 e. The molecule has 0 spiro atoms. The molecular formula is C26H42B2F10N4Na2O7. The van der Waals surface area contributed by atoms with Gasteiger partial charge in [0.1, 0.15) is 6.54 Å². The van der Waals surface area contributed by atoms with Gasteiger partial charge >= 0.3 is 98.3 Å². The third-order valence-corrected chi connectivity index (χ3v) is 6.46. The minimum Gasteiger partial charge on any atom is -1.00 e. The summed E-state index contributed by atoms with van der Waals surface area (Å²) in [5.41, 5.74) is -1.51. The van der Waals surface area contributed by atoms with Crippen molar-refractivity contribution < 1.29 is 139 Å². The first-order valence-corrected chi connectivity index (χ1v) is 13.7. The summed E-state index contributed by atoms with van der Waals surface area (Å²) in [4.78, 5) is 11.2. The quantitative estimate of drug-likeness (QED) is 0.0412. The Labute approximate surface area is 337 Å². The number of aromatic nitrogens is 2. The second-order valence-corrected chi connectivity index (χ2v) is 11.6. The number of allylic oxidation sites excluding steroid dienone is 1. The van der Waals surface area contributed by atoms with Crippen molar-refractivity contribution in [1.29, 1.82) is 0 Å². The molecule has 0 atom stereocenters. The van der Waals surface area contributed by atoms with Gasteiger partial charge in [-0.1, -0.05) is 19.6 Å². The van der Waals surface area contributed by atoms with Gasteiger partial charge in [-0.2, -0.15) is 54.1 Å². The number of H-pyrrole nitrogens is 1. The maximum Gasteiger partial charge on any atom is 1.00 e. The Balaban J connectivity index is -0.000000151. The smallest absolute Gasteiger partial charge is 1.00 e. The monoisotopic (exact) mass is 780 g/mol. The fraction of sp³-hybridized carbons (Fsp3) is 0.731. The van der Waals surface area contributed by atoms with Gasteiger partial charge in [-0.05, 0) is 61.5 Å². The van der Waals surface area contributed by atoms with Crippen LogP contribution in [-0.4, -0.2) is 101 Å². The summed E-state index contributed by atoms with van der Waals surface area (Å²) in [5.74, 6) is -9.43. The Morgan fingerprint density at radius 3 is 1.61 bits per heavy atom. The van der Waals surface area contributed by atoms with E-state index in [1.807, 2.05) is 13.8 Å². The number of hydrogen-bond acceptors (Lipinski definition) is 10. The van der Waals surface area contributed by atoms with E-state index < -0.39 is 59.6 Å². The Bertz CT molecular complexity index is 1130. The van der Waals surface area contributed by atoms with Crippen molar-refractivity contribution in [2.24, 2.45) is 5.10 Å². The van der Waals surface area contributed by atoms with E-state index in [0.29, 0.717) is 0 Å². The molecule has 2 radical (unpaired) electrons. The molecule has 0 fully saturated rings. The summed E-state index contributed by atoms with van der Waals surface area (Å²) in [7, 11) is 2.56. The van der Waals surface area contributed by atoms with Crippen LogP contribution < -0.4 is 75.4 Å². The molecule has 0 amide bonds. The van der Waals surface area contributed by atoms with Crippen molar-refractivity contribution in [2.75, 3.05) is 6.54 Å². The van der Waals surface area contributed by atoms with Gasteiger partial charge in [-0.25, -0.2) is 0 Å². The minimum atomic E-state index is -5.66. The minimum absolute atomic E-state index is 0. The molecule has 0 bridgehead atoms. The van der Waals surface area contributed by atoms with Gasteiger partial charge in [0.25, 0.3) is 6.47 Å². The van der Waals surface area contributed by atoms with Gasteiger partial charge in [-0.3, -0.25) is 9.89 Å². The third kappa shape index (κ3) is 24.2. The average molecular weight is 780 g/mol. The predicted molar refractivity (Wildman–Crippen MR) is 159 cm³/mol. The van der Waals surface area contributed by atoms with E-state index in [9.17, 15) is 54.1 Å². The number of rotatable bonds is 14. The summed E-state index contributed by atoms with van der Waals surface area (Å²) in [6.07, 6.45) is -9.50. The van der Waals surface area contributed by atoms with Crippen molar-refractivity contribution in [1.82, 2.24) is 15.6 Å². The van der Waals surface area contributed by atoms with E-state index in [0.717, 1.165) is 26.1 Å². The molecule has 0 saturated carbocycles. The molecule has 1 heterocycles. The van der Waals surface area contributed by atoms with Gasteiger partial charge in [0.2, 0.25) is 0 Å². The molecule has 286 valence electrons. The predicted octanol–water partition coefficient (Wildman–Crippen LogP) is -2.17. The van der Waals surface area contributed by atoms with E-state index in [1.54, 1.807) is 52.9 Å². The van der Waals surface area contributed by atoms with Crippen LogP contribution in [0.1, 0.15) is 70.2 Å². The van der Waals surface area contributed by atoms with E-state index in [1.165, 1.54) is 13.8 Å². The SMILES string of the molecule is C=C/C([B]OC(C)(C)C(C)(C)O)=N\NCC(F)(F)C(F)(F)F.CC(C)(O)C(C)(C)O[B]c1ccn[nH]1.CCC(F)(F)C(F)(F)F.O=CO[O-].[H-].[Na+].[Na+]. The molecule has 25 heteroatoms. The summed E-state index contributed by atoms with van der Waals surface area (Å²) >= 11 is 0. The molecule has 0 saturated heterocycles. The van der Waals surface area contributed by atoms with E-state index in [-0.39, 0.29) is 72.6 Å². The number of carbonyl (C=O) groups excluding carboxylic acids is 1. The number of nitrogens with one attached hydrogen (secondary N) is 2. The fourth-order valence-electron chi connectivity index (χ4n) is 1.69. The number of hydrogen-bond donors (Lipinski definition) is 4. The first kappa shape index (κ1) is 59.4. The number of aliphatic hydroxyl groups is 2. The molecule has 1 rings (SSSR count). The molecule has 4 N–H and O–H groups in total. The van der Waals surface area contributed by atoms with Gasteiger partial charge in [0, 0.05) is 18.2 Å². The summed E-state index contributed by atoms with van der Waals surface area (Å²) in [6, 6.07) is 1.79. The number of alkyl halides is 10. The first-order valence-electron chi connectivity index (χ1n) is 13.7. The maximum absolute atomic E-state index is 12.7. The second-order valence-electron chi connectivity index (χ2n) is 11.6. The molecule has 51 heavy (non-hydrogen) atoms. The summed E-state index contributed by atoms with van der Waals surface area (Å²) in [6.45, 7) is 15.4. The van der Waals surface area contributed by atoms with Gasteiger partial charge in [-0.15, -0.1) is 0 Å². The Kier molecular flexibility index (Phi) is 28.5. The number of nitrogens with zero attached hydrogens (tertiary/aromatic N) is 2. The molecule has 0 aromatic carbocycles. The molecule has 1 aromatic heterocycles. The van der Waals surface area contributed by atoms with Crippen molar-refractivity contribution in [3.8, 4) is 0 Å². The molecule has 0 aliphatic carbocycles. The molecule has 0 unspecified atom stereocenters.